The van der Waals surface area contributed by atoms with Crippen molar-refractivity contribution in [3.05, 3.63) is 35.9 Å². The van der Waals surface area contributed by atoms with E-state index < -0.39 is 8.03 Å². The molecule has 1 aromatic rings. The second-order valence-electron chi connectivity index (χ2n) is 2.73. The average Bonchev–Trinajstić information content (AvgIpc) is 2.05. The first-order chi connectivity index (χ1) is 5.79. The van der Waals surface area contributed by atoms with Crippen LogP contribution in [0.25, 0.3) is 0 Å². The van der Waals surface area contributed by atoms with Gasteiger partial charge in [0.2, 0.25) is 0 Å². The number of hydrogen-bond acceptors (Lipinski definition) is 1. The van der Waals surface area contributed by atoms with Crippen LogP contribution < -0.4 is 0 Å². The van der Waals surface area contributed by atoms with Gasteiger partial charge < -0.3 is 4.89 Å². The molecule has 0 aromatic heterocycles. The molecule has 0 fully saturated rings. The van der Waals surface area contributed by atoms with E-state index >= 15 is 0 Å². The Morgan fingerprint density at radius 3 is 2.38 bits per heavy atom. The Kier molecular flexibility index (Phi) is 7.67. The van der Waals surface area contributed by atoms with E-state index in [1.165, 1.54) is 5.56 Å². The van der Waals surface area contributed by atoms with Crippen molar-refractivity contribution in [2.24, 2.45) is 0 Å². The molecular weight excluding hydrogens is 195 g/mol. The highest BCUT2D eigenvalue weighted by Crippen LogP contribution is 2.15. The Balaban J connectivity index is 0.00000144. The van der Waals surface area contributed by atoms with E-state index in [-0.39, 0.29) is 23.1 Å². The molecule has 1 unspecified atom stereocenters. The summed E-state index contributed by atoms with van der Waals surface area (Å²) in [5, 5.41) is 0. The zero-order valence-corrected chi connectivity index (χ0v) is 7.86. The molecule has 0 radical (unpaired) electrons. The summed E-state index contributed by atoms with van der Waals surface area (Å²) in [6.45, 7) is 0. The Labute approximate surface area is 95.4 Å². The predicted molar refractivity (Wildman–Crippen MR) is 59.4 cm³/mol. The first kappa shape index (κ1) is 13.2. The Bertz CT molecular complexity index is 251. The van der Waals surface area contributed by atoms with E-state index in [2.05, 4.69) is 0 Å². The van der Waals surface area contributed by atoms with Crippen LogP contribution in [0.3, 0.4) is 0 Å². The van der Waals surface area contributed by atoms with E-state index in [4.69, 9.17) is 4.89 Å². The summed E-state index contributed by atoms with van der Waals surface area (Å²) in [7, 11) is -2.25. The van der Waals surface area contributed by atoms with Crippen molar-refractivity contribution in [3.8, 4) is 0 Å². The van der Waals surface area contributed by atoms with Gasteiger partial charge in [-0.3, -0.25) is 4.57 Å². The smallest absolute Gasteiger partial charge is 0.316 e. The van der Waals surface area contributed by atoms with Crippen molar-refractivity contribution >= 4 is 31.1 Å². The van der Waals surface area contributed by atoms with Crippen molar-refractivity contribution in [3.63, 3.8) is 0 Å². The lowest BCUT2D eigenvalue weighted by Crippen LogP contribution is -1.86. The fourth-order valence-electron chi connectivity index (χ4n) is 1.09. The third-order valence-electron chi connectivity index (χ3n) is 1.70. The quantitative estimate of drug-likeness (QED) is 0.598. The second-order valence-corrected chi connectivity index (χ2v) is 4.02. The molecule has 2 nitrogen and oxygen atoms in total. The molecule has 0 spiro atoms. The molecule has 13 heavy (non-hydrogen) atoms. The van der Waals surface area contributed by atoms with Gasteiger partial charge in [0.1, 0.15) is 0 Å². The van der Waals surface area contributed by atoms with Crippen LogP contribution in [-0.2, 0) is 11.0 Å². The highest BCUT2D eigenvalue weighted by molar-refractivity contribution is 7.37. The number of benzene rings is 1. The van der Waals surface area contributed by atoms with Gasteiger partial charge in [0.05, 0.1) is 0 Å². The fraction of sp³-hybridized carbons (Fsp3) is 0.333. The van der Waals surface area contributed by atoms with Gasteiger partial charge in [0, 0.05) is 6.16 Å². The summed E-state index contributed by atoms with van der Waals surface area (Å²) >= 11 is 0. The summed E-state index contributed by atoms with van der Waals surface area (Å²) in [4.78, 5) is 8.58. The summed E-state index contributed by atoms with van der Waals surface area (Å²) in [6.07, 6.45) is 2.15. The van der Waals surface area contributed by atoms with Crippen molar-refractivity contribution in [2.45, 2.75) is 12.8 Å². The van der Waals surface area contributed by atoms with Gasteiger partial charge in [-0.05, 0) is 18.4 Å². The SMILES string of the molecule is O=[PH](O)CCCc1ccccc1.[MgH2]. The van der Waals surface area contributed by atoms with Crippen molar-refractivity contribution in [2.75, 3.05) is 6.16 Å². The molecule has 1 atom stereocenters. The second kappa shape index (κ2) is 7.57. The molecule has 0 aliphatic heterocycles. The number of rotatable bonds is 4. The van der Waals surface area contributed by atoms with Crippen molar-refractivity contribution < 1.29 is 9.46 Å². The maximum atomic E-state index is 10.4. The lowest BCUT2D eigenvalue weighted by atomic mass is 10.1. The van der Waals surface area contributed by atoms with Crippen LogP contribution in [0.1, 0.15) is 12.0 Å². The lowest BCUT2D eigenvalue weighted by molar-refractivity contribution is 0.501. The van der Waals surface area contributed by atoms with Gasteiger partial charge in [-0.25, -0.2) is 0 Å². The van der Waals surface area contributed by atoms with Gasteiger partial charge in [-0.15, -0.1) is 0 Å². The summed E-state index contributed by atoms with van der Waals surface area (Å²) in [6, 6.07) is 10.0. The first-order valence-corrected chi connectivity index (χ1v) is 5.61. The predicted octanol–water partition coefficient (Wildman–Crippen LogP) is 1.17. The van der Waals surface area contributed by atoms with Gasteiger partial charge in [-0.1, -0.05) is 30.3 Å². The van der Waals surface area contributed by atoms with Crippen LogP contribution >= 0.6 is 8.03 Å². The topological polar surface area (TPSA) is 37.3 Å². The van der Waals surface area contributed by atoms with E-state index in [0.717, 1.165) is 12.8 Å². The molecule has 1 aromatic carbocycles. The minimum atomic E-state index is -2.25. The largest absolute Gasteiger partial charge is 0.346 e. The molecule has 70 valence electrons. The number of aryl methyl sites for hydroxylation is 1. The molecule has 1 rings (SSSR count). The third kappa shape index (κ3) is 6.27. The van der Waals surface area contributed by atoms with Gasteiger partial charge in [0.25, 0.3) is 0 Å². The van der Waals surface area contributed by atoms with Gasteiger partial charge in [-0.2, -0.15) is 0 Å². The summed E-state index contributed by atoms with van der Waals surface area (Å²) < 4.78 is 10.4. The lowest BCUT2D eigenvalue weighted by Gasteiger charge is -1.98. The monoisotopic (exact) mass is 210 g/mol. The van der Waals surface area contributed by atoms with E-state index in [1.807, 2.05) is 30.3 Å². The average molecular weight is 210 g/mol. The summed E-state index contributed by atoms with van der Waals surface area (Å²) in [5.74, 6) is 0. The maximum absolute atomic E-state index is 10.4. The Morgan fingerprint density at radius 1 is 1.23 bits per heavy atom. The van der Waals surface area contributed by atoms with Crippen molar-refractivity contribution in [1.29, 1.82) is 0 Å². The van der Waals surface area contributed by atoms with E-state index in [9.17, 15) is 4.57 Å². The zero-order chi connectivity index (χ0) is 8.81. The molecule has 0 aliphatic carbocycles. The maximum Gasteiger partial charge on any atom is 0.316 e. The minimum Gasteiger partial charge on any atom is -0.346 e. The third-order valence-corrected chi connectivity index (χ3v) is 2.48. The molecule has 0 saturated heterocycles. The van der Waals surface area contributed by atoms with Crippen LogP contribution in [0.4, 0.5) is 0 Å². The number of hydrogen-bond donors (Lipinski definition) is 1. The minimum absolute atomic E-state index is 0. The molecule has 0 aliphatic rings. The standard InChI is InChI=1S/C9H13O2P.Mg.2H/c10-12(11)8-4-7-9-5-2-1-3-6-9;;;/h1-3,5-6,12H,4,7-8H2,(H,10,11);;;. The van der Waals surface area contributed by atoms with Crippen LogP contribution in [0.15, 0.2) is 30.3 Å². The molecule has 1 N–H and O–H groups in total. The van der Waals surface area contributed by atoms with Crippen LogP contribution in [-0.4, -0.2) is 34.1 Å². The van der Waals surface area contributed by atoms with Gasteiger partial charge >= 0.3 is 23.1 Å². The van der Waals surface area contributed by atoms with Gasteiger partial charge in [0.15, 0.2) is 8.03 Å². The molecule has 0 saturated carbocycles. The Morgan fingerprint density at radius 2 is 1.85 bits per heavy atom. The highest BCUT2D eigenvalue weighted by Gasteiger charge is 1.94. The molecule has 0 amide bonds. The highest BCUT2D eigenvalue weighted by atomic mass is 31.1. The Hall–Kier alpha value is 0.176. The van der Waals surface area contributed by atoms with E-state index in [0.29, 0.717) is 6.16 Å². The molecular formula is C9H15MgO2P. The first-order valence-electron chi connectivity index (χ1n) is 4.05. The van der Waals surface area contributed by atoms with Crippen molar-refractivity contribution in [1.82, 2.24) is 0 Å². The summed E-state index contributed by atoms with van der Waals surface area (Å²) in [5.41, 5.74) is 1.24. The van der Waals surface area contributed by atoms with Crippen LogP contribution in [0.5, 0.6) is 0 Å². The molecule has 4 heteroatoms. The molecule has 0 bridgehead atoms. The van der Waals surface area contributed by atoms with Crippen LogP contribution in [0, 0.1) is 0 Å². The van der Waals surface area contributed by atoms with Crippen LogP contribution in [0.2, 0.25) is 0 Å². The molecule has 0 heterocycles. The fourth-order valence-corrected chi connectivity index (χ4v) is 1.57. The van der Waals surface area contributed by atoms with E-state index in [1.54, 1.807) is 0 Å². The normalized spacial score (nSPS) is 11.8. The zero-order valence-electron chi connectivity index (χ0n) is 6.86.